The van der Waals surface area contributed by atoms with Crippen LogP contribution in [0.4, 0.5) is 0 Å². The number of pyridine rings is 1. The molecule has 0 unspecified atom stereocenters. The fourth-order valence-electron chi connectivity index (χ4n) is 4.10. The minimum Gasteiger partial charge on any atom is -0.497 e. The van der Waals surface area contributed by atoms with Crippen molar-refractivity contribution in [1.29, 1.82) is 0 Å². The van der Waals surface area contributed by atoms with Crippen LogP contribution in [0.5, 0.6) is 5.75 Å². The van der Waals surface area contributed by atoms with E-state index in [9.17, 15) is 13.2 Å². The van der Waals surface area contributed by atoms with Gasteiger partial charge in [-0.3, -0.25) is 14.1 Å². The smallest absolute Gasteiger partial charge is 0.272 e. The van der Waals surface area contributed by atoms with Crippen molar-refractivity contribution in [3.63, 3.8) is 0 Å². The molecule has 3 aromatic rings. The average molecular weight is 457 g/mol. The number of likely N-dealkylation sites (tertiary alicyclic amines) is 1. The van der Waals surface area contributed by atoms with Crippen molar-refractivity contribution < 1.29 is 17.9 Å². The number of aromatic nitrogens is 2. The number of hydrogen-bond acceptors (Lipinski definition) is 6. The Bertz CT molecular complexity index is 1200. The van der Waals surface area contributed by atoms with Crippen molar-refractivity contribution in [3.05, 3.63) is 59.9 Å². The first-order valence-electron chi connectivity index (χ1n) is 10.7. The number of nitrogens with zero attached hydrogens (tertiary/aromatic N) is 3. The summed E-state index contributed by atoms with van der Waals surface area (Å²) in [6.45, 7) is 3.39. The Kier molecular flexibility index (Phi) is 6.48. The third kappa shape index (κ3) is 4.94. The van der Waals surface area contributed by atoms with Crippen LogP contribution in [0.1, 0.15) is 28.9 Å². The molecule has 1 amide bonds. The summed E-state index contributed by atoms with van der Waals surface area (Å²) in [4.78, 5) is 19.4. The number of benzene rings is 1. The summed E-state index contributed by atoms with van der Waals surface area (Å²) in [5.74, 6) is 0.899. The molecular formula is C23H28N4O4S. The molecule has 0 aliphatic carbocycles. The first kappa shape index (κ1) is 22.3. The first-order valence-corrected chi connectivity index (χ1v) is 12.5. The predicted molar refractivity (Wildman–Crippen MR) is 122 cm³/mol. The molecule has 1 aliphatic rings. The maximum Gasteiger partial charge on any atom is 0.272 e. The third-order valence-corrected chi connectivity index (χ3v) is 6.84. The zero-order valence-electron chi connectivity index (χ0n) is 18.3. The number of hydrogen-bond donors (Lipinski definition) is 1. The second-order valence-electron chi connectivity index (χ2n) is 8.25. The van der Waals surface area contributed by atoms with Gasteiger partial charge in [0.1, 0.15) is 5.75 Å². The molecule has 3 heterocycles. The third-order valence-electron chi connectivity index (χ3n) is 5.89. The van der Waals surface area contributed by atoms with E-state index in [4.69, 9.17) is 4.74 Å². The summed E-state index contributed by atoms with van der Waals surface area (Å²) >= 11 is 0. The van der Waals surface area contributed by atoms with Gasteiger partial charge in [-0.15, -0.1) is 0 Å². The quantitative estimate of drug-likeness (QED) is 0.587. The lowest BCUT2D eigenvalue weighted by Gasteiger charge is -2.32. The second-order valence-corrected chi connectivity index (χ2v) is 10.2. The molecule has 1 N–H and O–H groups in total. The van der Waals surface area contributed by atoms with E-state index in [0.717, 1.165) is 44.5 Å². The normalized spacial score (nSPS) is 15.7. The number of imidazole rings is 1. The molecule has 9 heteroatoms. The summed E-state index contributed by atoms with van der Waals surface area (Å²) in [6, 6.07) is 13.3. The number of fused-ring (bicyclic) bond motifs is 1. The summed E-state index contributed by atoms with van der Waals surface area (Å²) in [5.41, 5.74) is 1.88. The number of piperidine rings is 1. The number of methoxy groups -OCH3 is 1. The topological polar surface area (TPSA) is 93.0 Å². The Hall–Kier alpha value is -2.91. The SMILES string of the molecule is COc1ccc(CN2CCC(CNC(=O)c3nc(S(C)(=O)=O)n4ccccc34)CC2)cc1. The number of sulfone groups is 1. The van der Waals surface area contributed by atoms with Gasteiger partial charge in [0, 0.05) is 25.5 Å². The van der Waals surface area contributed by atoms with E-state index < -0.39 is 9.84 Å². The van der Waals surface area contributed by atoms with Crippen LogP contribution in [0, 0.1) is 5.92 Å². The van der Waals surface area contributed by atoms with E-state index >= 15 is 0 Å². The monoisotopic (exact) mass is 456 g/mol. The summed E-state index contributed by atoms with van der Waals surface area (Å²) in [6.07, 6.45) is 4.69. The molecule has 1 aliphatic heterocycles. The number of amides is 1. The van der Waals surface area contributed by atoms with Crippen molar-refractivity contribution >= 4 is 21.3 Å². The highest BCUT2D eigenvalue weighted by Crippen LogP contribution is 2.21. The summed E-state index contributed by atoms with van der Waals surface area (Å²) in [7, 11) is -1.89. The highest BCUT2D eigenvalue weighted by Gasteiger charge is 2.24. The number of carbonyl (C=O) groups excluding carboxylic acids is 1. The largest absolute Gasteiger partial charge is 0.497 e. The van der Waals surface area contributed by atoms with Gasteiger partial charge in [0.2, 0.25) is 15.0 Å². The lowest BCUT2D eigenvalue weighted by atomic mass is 9.96. The van der Waals surface area contributed by atoms with Crippen molar-refractivity contribution in [1.82, 2.24) is 19.6 Å². The van der Waals surface area contributed by atoms with Gasteiger partial charge in [-0.05, 0) is 61.7 Å². The minimum absolute atomic E-state index is 0.120. The maximum absolute atomic E-state index is 12.8. The van der Waals surface area contributed by atoms with E-state index in [1.54, 1.807) is 31.5 Å². The van der Waals surface area contributed by atoms with Crippen molar-refractivity contribution in [3.8, 4) is 5.75 Å². The van der Waals surface area contributed by atoms with Crippen molar-refractivity contribution in [2.75, 3.05) is 33.0 Å². The van der Waals surface area contributed by atoms with Crippen molar-refractivity contribution in [2.45, 2.75) is 24.5 Å². The number of rotatable bonds is 7. The molecule has 170 valence electrons. The molecular weight excluding hydrogens is 428 g/mol. The van der Waals surface area contributed by atoms with Crippen LogP contribution in [0.3, 0.4) is 0 Å². The highest BCUT2D eigenvalue weighted by atomic mass is 32.2. The van der Waals surface area contributed by atoms with Gasteiger partial charge in [-0.2, -0.15) is 0 Å². The lowest BCUT2D eigenvalue weighted by Crippen LogP contribution is -2.38. The highest BCUT2D eigenvalue weighted by molar-refractivity contribution is 7.90. The van der Waals surface area contributed by atoms with Crippen LogP contribution in [-0.4, -0.2) is 61.6 Å². The molecule has 0 radical (unpaired) electrons. The zero-order chi connectivity index (χ0) is 22.7. The van der Waals surface area contributed by atoms with E-state index in [1.807, 2.05) is 12.1 Å². The van der Waals surface area contributed by atoms with Crippen LogP contribution in [0.2, 0.25) is 0 Å². The second kappa shape index (κ2) is 9.30. The van der Waals surface area contributed by atoms with E-state index in [-0.39, 0.29) is 16.8 Å². The van der Waals surface area contributed by atoms with Crippen LogP contribution in [-0.2, 0) is 16.4 Å². The van der Waals surface area contributed by atoms with Crippen molar-refractivity contribution in [2.24, 2.45) is 5.92 Å². The van der Waals surface area contributed by atoms with Gasteiger partial charge in [0.05, 0.1) is 12.6 Å². The Morgan fingerprint density at radius 3 is 2.53 bits per heavy atom. The lowest BCUT2D eigenvalue weighted by molar-refractivity contribution is 0.0932. The summed E-state index contributed by atoms with van der Waals surface area (Å²) in [5, 5.41) is 2.84. The van der Waals surface area contributed by atoms with Crippen LogP contribution in [0.15, 0.2) is 53.8 Å². The maximum atomic E-state index is 12.8. The predicted octanol–water partition coefficient (Wildman–Crippen LogP) is 2.39. The molecule has 0 saturated carbocycles. The molecule has 0 spiro atoms. The Labute approximate surface area is 188 Å². The van der Waals surface area contributed by atoms with Gasteiger partial charge < -0.3 is 10.1 Å². The zero-order valence-corrected chi connectivity index (χ0v) is 19.1. The van der Waals surface area contributed by atoms with Crippen LogP contribution in [0.25, 0.3) is 5.52 Å². The molecule has 0 atom stereocenters. The molecule has 8 nitrogen and oxygen atoms in total. The number of nitrogens with one attached hydrogen (secondary N) is 1. The molecule has 1 fully saturated rings. The molecule has 0 bridgehead atoms. The minimum atomic E-state index is -3.55. The van der Waals surface area contributed by atoms with Gasteiger partial charge in [-0.25, -0.2) is 13.4 Å². The first-order chi connectivity index (χ1) is 15.3. The number of ether oxygens (including phenoxy) is 1. The fraction of sp³-hybridized carbons (Fsp3) is 0.391. The fourth-order valence-corrected chi connectivity index (χ4v) is 4.87. The molecule has 32 heavy (non-hydrogen) atoms. The van der Waals surface area contributed by atoms with Gasteiger partial charge >= 0.3 is 0 Å². The Balaban J connectivity index is 1.33. The standard InChI is InChI=1S/C23H28N4O4S/c1-31-19-8-6-18(7-9-19)16-26-13-10-17(11-14-26)15-24-22(28)21-20-5-3-4-12-27(20)23(25-21)32(2,29)30/h3-9,12,17H,10-11,13-16H2,1-2H3,(H,24,28). The average Bonchev–Trinajstić information content (AvgIpc) is 3.19. The van der Waals surface area contributed by atoms with Crippen LogP contribution < -0.4 is 10.1 Å². The van der Waals surface area contributed by atoms with E-state index in [1.165, 1.54) is 9.96 Å². The molecule has 1 saturated heterocycles. The number of carbonyl (C=O) groups is 1. The Morgan fingerprint density at radius 2 is 1.88 bits per heavy atom. The van der Waals surface area contributed by atoms with Crippen LogP contribution >= 0.6 is 0 Å². The van der Waals surface area contributed by atoms with E-state index in [0.29, 0.717) is 18.0 Å². The molecule has 4 rings (SSSR count). The van der Waals surface area contributed by atoms with Gasteiger partial charge in [-0.1, -0.05) is 18.2 Å². The van der Waals surface area contributed by atoms with E-state index in [2.05, 4.69) is 27.3 Å². The molecule has 1 aromatic carbocycles. The Morgan fingerprint density at radius 1 is 1.16 bits per heavy atom. The summed E-state index contributed by atoms with van der Waals surface area (Å²) < 4.78 is 30.8. The van der Waals surface area contributed by atoms with Gasteiger partial charge in [0.25, 0.3) is 5.91 Å². The van der Waals surface area contributed by atoms with Gasteiger partial charge in [0.15, 0.2) is 5.69 Å². The molecule has 2 aromatic heterocycles.